The second kappa shape index (κ2) is 10.8. The van der Waals surface area contributed by atoms with Gasteiger partial charge in [-0.25, -0.2) is 4.79 Å². The lowest BCUT2D eigenvalue weighted by Crippen LogP contribution is -2.29. The second-order valence-electron chi connectivity index (χ2n) is 6.21. The molecule has 5 nitrogen and oxygen atoms in total. The number of ether oxygens (including phenoxy) is 2. The van der Waals surface area contributed by atoms with Gasteiger partial charge in [-0.15, -0.1) is 0 Å². The number of carbonyl (C=O) groups is 2. The Morgan fingerprint density at radius 1 is 1.15 bits per heavy atom. The van der Waals surface area contributed by atoms with Gasteiger partial charge in [0.25, 0.3) is 0 Å². The van der Waals surface area contributed by atoms with Crippen LogP contribution in [0.4, 0.5) is 13.2 Å². The average molecular weight is 375 g/mol. The minimum absolute atomic E-state index is 0.0947. The van der Waals surface area contributed by atoms with E-state index < -0.39 is 18.1 Å². The monoisotopic (exact) mass is 375 g/mol. The number of alkyl halides is 3. The van der Waals surface area contributed by atoms with Gasteiger partial charge < -0.3 is 14.8 Å². The van der Waals surface area contributed by atoms with Crippen molar-refractivity contribution < 1.29 is 32.2 Å². The summed E-state index contributed by atoms with van der Waals surface area (Å²) in [5, 5.41) is 2.89. The van der Waals surface area contributed by atoms with Crippen LogP contribution in [-0.4, -0.2) is 31.3 Å². The molecule has 0 atom stereocenters. The van der Waals surface area contributed by atoms with Crippen molar-refractivity contribution in [3.05, 3.63) is 29.8 Å². The maximum atomic E-state index is 11.9. The number of halogens is 3. The van der Waals surface area contributed by atoms with E-state index in [2.05, 4.69) is 23.9 Å². The van der Waals surface area contributed by atoms with Crippen LogP contribution in [0.25, 0.3) is 0 Å². The largest absolute Gasteiger partial charge is 0.494 e. The van der Waals surface area contributed by atoms with Crippen LogP contribution in [0.15, 0.2) is 24.3 Å². The fourth-order valence-electron chi connectivity index (χ4n) is 2.02. The third-order valence-electron chi connectivity index (χ3n) is 3.39. The quantitative estimate of drug-likeness (QED) is 0.384. The van der Waals surface area contributed by atoms with E-state index in [0.717, 1.165) is 24.2 Å². The van der Waals surface area contributed by atoms with Gasteiger partial charge in [-0.1, -0.05) is 26.0 Å². The van der Waals surface area contributed by atoms with E-state index in [-0.39, 0.29) is 13.0 Å². The van der Waals surface area contributed by atoms with Gasteiger partial charge in [0.2, 0.25) is 0 Å². The summed E-state index contributed by atoms with van der Waals surface area (Å²) in [6.07, 6.45) is -3.40. The molecule has 1 N–H and O–H groups in total. The Hall–Kier alpha value is -2.09. The molecule has 1 aromatic carbocycles. The molecule has 0 radical (unpaired) electrons. The van der Waals surface area contributed by atoms with Crippen LogP contribution in [0.1, 0.15) is 38.7 Å². The van der Waals surface area contributed by atoms with Crippen LogP contribution in [0.2, 0.25) is 0 Å². The lowest BCUT2D eigenvalue weighted by molar-refractivity contribution is -0.201. The molecule has 0 amide bonds. The minimum Gasteiger partial charge on any atom is -0.494 e. The molecule has 0 spiro atoms. The van der Waals surface area contributed by atoms with Gasteiger partial charge in [0, 0.05) is 13.1 Å². The van der Waals surface area contributed by atoms with Crippen molar-refractivity contribution in [2.45, 2.75) is 45.8 Å². The van der Waals surface area contributed by atoms with Crippen molar-refractivity contribution in [3.8, 4) is 5.75 Å². The molecule has 0 bridgehead atoms. The molecule has 0 aliphatic rings. The summed E-state index contributed by atoms with van der Waals surface area (Å²) in [6, 6.07) is 7.39. The maximum Gasteiger partial charge on any atom is 0.491 e. The molecule has 0 aromatic heterocycles. The highest BCUT2D eigenvalue weighted by Gasteiger charge is 2.42. The Balaban J connectivity index is 2.21. The average Bonchev–Trinajstić information content (AvgIpc) is 2.55. The number of carbonyl (C=O) groups excluding carboxylic acids is 2. The highest BCUT2D eigenvalue weighted by molar-refractivity contribution is 5.88. The van der Waals surface area contributed by atoms with Crippen molar-refractivity contribution in [1.29, 1.82) is 0 Å². The van der Waals surface area contributed by atoms with Crippen LogP contribution < -0.4 is 10.1 Å². The Kier molecular flexibility index (Phi) is 9.12. The van der Waals surface area contributed by atoms with Crippen LogP contribution in [0.3, 0.4) is 0 Å². The standard InChI is InChI=1S/C18H24F3NO4/c1-13(2)4-3-11-25-15-7-5-14(6-8-15)12-22-10-9-16(23)26-17(24)18(19,20)21/h5-8,13,22H,3-4,9-12H2,1-2H3. The first-order chi connectivity index (χ1) is 12.2. The summed E-state index contributed by atoms with van der Waals surface area (Å²) in [4.78, 5) is 21.6. The number of benzene rings is 1. The molecule has 8 heteroatoms. The lowest BCUT2D eigenvalue weighted by atomic mass is 10.1. The zero-order chi connectivity index (χ0) is 19.6. The Labute approximate surface area is 150 Å². The predicted molar refractivity (Wildman–Crippen MR) is 89.5 cm³/mol. The van der Waals surface area contributed by atoms with Crippen molar-refractivity contribution in [2.24, 2.45) is 5.92 Å². The summed E-state index contributed by atoms with van der Waals surface area (Å²) < 4.78 is 45.1. The topological polar surface area (TPSA) is 64.6 Å². The van der Waals surface area contributed by atoms with Gasteiger partial charge >= 0.3 is 18.1 Å². The van der Waals surface area contributed by atoms with E-state index >= 15 is 0 Å². The molecule has 26 heavy (non-hydrogen) atoms. The number of nitrogens with one attached hydrogen (secondary N) is 1. The molecule has 146 valence electrons. The summed E-state index contributed by atoms with van der Waals surface area (Å²) in [5.74, 6) is -2.29. The predicted octanol–water partition coefficient (Wildman–Crippen LogP) is 3.61. The minimum atomic E-state index is -5.16. The van der Waals surface area contributed by atoms with Crippen LogP contribution in [0, 0.1) is 5.92 Å². The zero-order valence-electron chi connectivity index (χ0n) is 14.9. The molecule has 0 fully saturated rings. The first-order valence-electron chi connectivity index (χ1n) is 8.42. The van der Waals surface area contributed by atoms with E-state index in [9.17, 15) is 22.8 Å². The third-order valence-corrected chi connectivity index (χ3v) is 3.39. The fourth-order valence-corrected chi connectivity index (χ4v) is 2.02. The molecule has 1 aromatic rings. The SMILES string of the molecule is CC(C)CCCOc1ccc(CNCCC(=O)OC(=O)C(F)(F)F)cc1. The first-order valence-corrected chi connectivity index (χ1v) is 8.42. The molecular formula is C18H24F3NO4. The van der Waals surface area contributed by atoms with Gasteiger partial charge in [-0.3, -0.25) is 4.79 Å². The fraction of sp³-hybridized carbons (Fsp3) is 0.556. The Bertz CT molecular complexity index is 571. The van der Waals surface area contributed by atoms with Gasteiger partial charge in [0.15, 0.2) is 0 Å². The van der Waals surface area contributed by atoms with Crippen molar-refractivity contribution in [3.63, 3.8) is 0 Å². The van der Waals surface area contributed by atoms with E-state index in [4.69, 9.17) is 4.74 Å². The number of rotatable bonds is 10. The van der Waals surface area contributed by atoms with Gasteiger partial charge in [-0.2, -0.15) is 13.2 Å². The zero-order valence-corrected chi connectivity index (χ0v) is 14.9. The van der Waals surface area contributed by atoms with E-state index in [1.165, 1.54) is 0 Å². The van der Waals surface area contributed by atoms with Crippen LogP contribution in [0.5, 0.6) is 5.75 Å². The van der Waals surface area contributed by atoms with E-state index in [1.54, 1.807) is 0 Å². The molecule has 0 saturated heterocycles. The second-order valence-corrected chi connectivity index (χ2v) is 6.21. The number of hydrogen-bond donors (Lipinski definition) is 1. The Morgan fingerprint density at radius 2 is 1.81 bits per heavy atom. The highest BCUT2D eigenvalue weighted by atomic mass is 19.4. The summed E-state index contributed by atoms with van der Waals surface area (Å²) in [5.41, 5.74) is 0.930. The molecule has 0 aliphatic heterocycles. The smallest absolute Gasteiger partial charge is 0.491 e. The van der Waals surface area contributed by atoms with E-state index in [1.807, 2.05) is 24.3 Å². The number of esters is 2. The Morgan fingerprint density at radius 3 is 2.38 bits per heavy atom. The summed E-state index contributed by atoms with van der Waals surface area (Å²) in [6.45, 7) is 5.51. The van der Waals surface area contributed by atoms with Crippen molar-refractivity contribution in [1.82, 2.24) is 5.32 Å². The third kappa shape index (κ3) is 9.41. The van der Waals surface area contributed by atoms with Crippen LogP contribution in [-0.2, 0) is 20.9 Å². The van der Waals surface area contributed by atoms with Gasteiger partial charge in [0.05, 0.1) is 13.0 Å². The molecule has 1 rings (SSSR count). The van der Waals surface area contributed by atoms with Gasteiger partial charge in [0.1, 0.15) is 5.75 Å². The molecular weight excluding hydrogens is 351 g/mol. The normalized spacial score (nSPS) is 11.5. The van der Waals surface area contributed by atoms with Crippen LogP contribution >= 0.6 is 0 Å². The maximum absolute atomic E-state index is 11.9. The summed E-state index contributed by atoms with van der Waals surface area (Å²) >= 11 is 0. The molecule has 0 heterocycles. The number of hydrogen-bond acceptors (Lipinski definition) is 5. The van der Waals surface area contributed by atoms with Gasteiger partial charge in [-0.05, 0) is 36.5 Å². The molecule has 0 aliphatic carbocycles. The molecule has 0 unspecified atom stereocenters. The van der Waals surface area contributed by atoms with Crippen molar-refractivity contribution >= 4 is 11.9 Å². The molecule has 0 saturated carbocycles. The van der Waals surface area contributed by atoms with E-state index in [0.29, 0.717) is 19.1 Å². The lowest BCUT2D eigenvalue weighted by Gasteiger charge is -2.09. The first kappa shape index (κ1) is 22.0. The highest BCUT2D eigenvalue weighted by Crippen LogP contribution is 2.17. The van der Waals surface area contributed by atoms with Crippen molar-refractivity contribution in [2.75, 3.05) is 13.2 Å². The summed E-state index contributed by atoms with van der Waals surface area (Å²) in [7, 11) is 0.